The fourth-order valence-electron chi connectivity index (χ4n) is 3.97. The Morgan fingerprint density at radius 1 is 1.25 bits per heavy atom. The second kappa shape index (κ2) is 5.64. The van der Waals surface area contributed by atoms with E-state index in [0.717, 1.165) is 28.3 Å². The van der Waals surface area contributed by atoms with Crippen LogP contribution in [-0.2, 0) is 0 Å². The highest BCUT2D eigenvalue weighted by atomic mass is 35.5. The highest BCUT2D eigenvalue weighted by Gasteiger charge is 2.39. The fraction of sp³-hybridized carbons (Fsp3) is 0.263. The monoisotopic (exact) mass is 340 g/mol. The molecular weight excluding hydrogens is 324 g/mol. The number of fused-ring (bicyclic) bond motifs is 3. The third-order valence-corrected chi connectivity index (χ3v) is 5.34. The lowest BCUT2D eigenvalue weighted by molar-refractivity contribution is -0.385. The maximum atomic E-state index is 11.2. The molecule has 0 aromatic heterocycles. The zero-order valence-corrected chi connectivity index (χ0v) is 14.0. The molecule has 0 spiro atoms. The SMILES string of the molecule is Cc1cc([N+](=O)[O-])cc2c1N[C@H](c1ccc(Cl)cc1)[C@H]1CC=C[C@@H]21. The van der Waals surface area contributed by atoms with Crippen molar-refractivity contribution in [2.24, 2.45) is 5.92 Å². The summed E-state index contributed by atoms with van der Waals surface area (Å²) in [6, 6.07) is 11.5. The van der Waals surface area contributed by atoms with Gasteiger partial charge in [-0.05, 0) is 48.1 Å². The van der Waals surface area contributed by atoms with Gasteiger partial charge >= 0.3 is 0 Å². The summed E-state index contributed by atoms with van der Waals surface area (Å²) in [5, 5.41) is 15.6. The van der Waals surface area contributed by atoms with Crippen molar-refractivity contribution < 1.29 is 4.92 Å². The molecule has 0 saturated carbocycles. The summed E-state index contributed by atoms with van der Waals surface area (Å²) in [6.45, 7) is 1.93. The first-order valence-corrected chi connectivity index (χ1v) is 8.40. The van der Waals surface area contributed by atoms with E-state index in [1.54, 1.807) is 12.1 Å². The largest absolute Gasteiger partial charge is 0.377 e. The van der Waals surface area contributed by atoms with Gasteiger partial charge in [0.05, 0.1) is 11.0 Å². The number of allylic oxidation sites excluding steroid dienone is 2. The molecule has 3 atom stereocenters. The molecule has 1 heterocycles. The lowest BCUT2D eigenvalue weighted by Gasteiger charge is -2.38. The van der Waals surface area contributed by atoms with Crippen molar-refractivity contribution in [3.05, 3.63) is 80.4 Å². The van der Waals surface area contributed by atoms with E-state index in [0.29, 0.717) is 5.92 Å². The summed E-state index contributed by atoms with van der Waals surface area (Å²) in [5.41, 5.74) is 4.33. The van der Waals surface area contributed by atoms with E-state index in [4.69, 9.17) is 11.6 Å². The Labute approximate surface area is 145 Å². The Balaban J connectivity index is 1.82. The van der Waals surface area contributed by atoms with Gasteiger partial charge in [-0.2, -0.15) is 0 Å². The number of halogens is 1. The van der Waals surface area contributed by atoms with E-state index in [1.165, 1.54) is 5.56 Å². The van der Waals surface area contributed by atoms with E-state index in [2.05, 4.69) is 29.6 Å². The summed E-state index contributed by atoms with van der Waals surface area (Å²) >= 11 is 6.02. The molecule has 0 radical (unpaired) electrons. The van der Waals surface area contributed by atoms with Gasteiger partial charge in [-0.15, -0.1) is 0 Å². The smallest absolute Gasteiger partial charge is 0.270 e. The van der Waals surface area contributed by atoms with Crippen molar-refractivity contribution in [1.29, 1.82) is 0 Å². The molecule has 0 unspecified atom stereocenters. The summed E-state index contributed by atoms with van der Waals surface area (Å²) in [5.74, 6) is 0.570. The molecule has 122 valence electrons. The quantitative estimate of drug-likeness (QED) is 0.453. The number of aryl methyl sites for hydroxylation is 1. The fourth-order valence-corrected chi connectivity index (χ4v) is 4.10. The van der Waals surface area contributed by atoms with Crippen molar-refractivity contribution in [2.75, 3.05) is 5.32 Å². The van der Waals surface area contributed by atoms with Gasteiger partial charge in [0, 0.05) is 28.8 Å². The van der Waals surface area contributed by atoms with Crippen LogP contribution in [0.1, 0.15) is 35.1 Å². The average molecular weight is 341 g/mol. The topological polar surface area (TPSA) is 55.2 Å². The number of hydrogen-bond acceptors (Lipinski definition) is 3. The normalized spacial score (nSPS) is 24.2. The predicted molar refractivity (Wildman–Crippen MR) is 95.6 cm³/mol. The van der Waals surface area contributed by atoms with Crippen LogP contribution >= 0.6 is 11.6 Å². The number of nitrogens with one attached hydrogen (secondary N) is 1. The van der Waals surface area contributed by atoms with Gasteiger partial charge in [-0.3, -0.25) is 10.1 Å². The first-order chi connectivity index (χ1) is 11.5. The van der Waals surface area contributed by atoms with Crippen LogP contribution in [0.5, 0.6) is 0 Å². The second-order valence-electron chi connectivity index (χ2n) is 6.51. The Hall–Kier alpha value is -2.33. The molecule has 1 aliphatic heterocycles. The van der Waals surface area contributed by atoms with E-state index < -0.39 is 0 Å². The molecule has 0 bridgehead atoms. The van der Waals surface area contributed by atoms with Crippen molar-refractivity contribution in [2.45, 2.75) is 25.3 Å². The number of anilines is 1. The van der Waals surface area contributed by atoms with Crippen LogP contribution in [0, 0.1) is 23.0 Å². The number of non-ortho nitro benzene ring substituents is 1. The van der Waals surface area contributed by atoms with Gasteiger partial charge in [0.15, 0.2) is 0 Å². The molecule has 24 heavy (non-hydrogen) atoms. The molecule has 1 N–H and O–H groups in total. The zero-order chi connectivity index (χ0) is 16.8. The number of benzene rings is 2. The molecule has 4 rings (SSSR count). The molecule has 0 amide bonds. The molecule has 1 aliphatic carbocycles. The number of rotatable bonds is 2. The molecule has 2 aliphatic rings. The lowest BCUT2D eigenvalue weighted by atomic mass is 9.76. The zero-order valence-electron chi connectivity index (χ0n) is 13.2. The minimum absolute atomic E-state index is 0.164. The molecule has 5 heteroatoms. The van der Waals surface area contributed by atoms with Crippen LogP contribution in [0.3, 0.4) is 0 Å². The summed E-state index contributed by atoms with van der Waals surface area (Å²) in [4.78, 5) is 10.9. The number of nitro benzene ring substituents is 1. The highest BCUT2D eigenvalue weighted by Crippen LogP contribution is 2.51. The van der Waals surface area contributed by atoms with Crippen LogP contribution in [-0.4, -0.2) is 4.92 Å². The van der Waals surface area contributed by atoms with Gasteiger partial charge in [0.25, 0.3) is 5.69 Å². The van der Waals surface area contributed by atoms with Crippen molar-refractivity contribution in [1.82, 2.24) is 0 Å². The molecule has 2 aromatic carbocycles. The van der Waals surface area contributed by atoms with E-state index in [1.807, 2.05) is 19.1 Å². The van der Waals surface area contributed by atoms with Gasteiger partial charge < -0.3 is 5.32 Å². The molecule has 4 nitrogen and oxygen atoms in total. The van der Waals surface area contributed by atoms with Crippen LogP contribution in [0.4, 0.5) is 11.4 Å². The Morgan fingerprint density at radius 2 is 2.00 bits per heavy atom. The van der Waals surface area contributed by atoms with Crippen molar-refractivity contribution in [3.63, 3.8) is 0 Å². The summed E-state index contributed by atoms with van der Waals surface area (Å²) in [7, 11) is 0. The van der Waals surface area contributed by atoms with Crippen LogP contribution < -0.4 is 5.32 Å². The third-order valence-electron chi connectivity index (χ3n) is 5.09. The van der Waals surface area contributed by atoms with E-state index in [9.17, 15) is 10.1 Å². The number of hydrogen-bond donors (Lipinski definition) is 1. The Kier molecular flexibility index (Phi) is 3.57. The number of nitro groups is 1. The highest BCUT2D eigenvalue weighted by molar-refractivity contribution is 6.30. The predicted octanol–water partition coefficient (Wildman–Crippen LogP) is 5.38. The molecule has 2 aromatic rings. The molecule has 0 saturated heterocycles. The first-order valence-electron chi connectivity index (χ1n) is 8.02. The van der Waals surface area contributed by atoms with Gasteiger partial charge in [0.2, 0.25) is 0 Å². The van der Waals surface area contributed by atoms with E-state index >= 15 is 0 Å². The molecular formula is C19H17ClN2O2. The number of nitrogens with zero attached hydrogens (tertiary/aromatic N) is 1. The lowest BCUT2D eigenvalue weighted by Crippen LogP contribution is -2.29. The van der Waals surface area contributed by atoms with Gasteiger partial charge in [-0.1, -0.05) is 35.9 Å². The minimum atomic E-state index is -0.313. The van der Waals surface area contributed by atoms with Crippen LogP contribution in [0.25, 0.3) is 0 Å². The maximum absolute atomic E-state index is 11.2. The standard InChI is InChI=1S/C19H17ClN2O2/c1-11-9-14(22(23)24)10-17-15-3-2-4-16(15)19(21-18(11)17)12-5-7-13(20)8-6-12/h2-3,5-10,15-16,19,21H,4H2,1H3/t15-,16+,19-/m1/s1. The van der Waals surface area contributed by atoms with Gasteiger partial charge in [-0.25, -0.2) is 0 Å². The molecule has 0 fully saturated rings. The van der Waals surface area contributed by atoms with Crippen molar-refractivity contribution in [3.8, 4) is 0 Å². The maximum Gasteiger partial charge on any atom is 0.270 e. The van der Waals surface area contributed by atoms with Crippen LogP contribution in [0.2, 0.25) is 5.02 Å². The first kappa shape index (κ1) is 15.2. The van der Waals surface area contributed by atoms with Gasteiger partial charge in [0.1, 0.15) is 0 Å². The third kappa shape index (κ3) is 2.38. The summed E-state index contributed by atoms with van der Waals surface area (Å²) in [6.07, 6.45) is 5.34. The van der Waals surface area contributed by atoms with E-state index in [-0.39, 0.29) is 22.6 Å². The second-order valence-corrected chi connectivity index (χ2v) is 6.95. The van der Waals surface area contributed by atoms with Crippen molar-refractivity contribution >= 4 is 23.0 Å². The average Bonchev–Trinajstić information content (AvgIpc) is 3.05. The minimum Gasteiger partial charge on any atom is -0.377 e. The Morgan fingerprint density at radius 3 is 2.71 bits per heavy atom. The summed E-state index contributed by atoms with van der Waals surface area (Å²) < 4.78 is 0. The Bertz CT molecular complexity index is 845. The van der Waals surface area contributed by atoms with Crippen LogP contribution in [0.15, 0.2) is 48.6 Å².